The van der Waals surface area contributed by atoms with E-state index < -0.39 is 11.4 Å². The Morgan fingerprint density at radius 1 is 1.12 bits per heavy atom. The number of benzene rings is 1. The second kappa shape index (κ2) is 5.99. The van der Waals surface area contributed by atoms with Crippen LogP contribution in [0.15, 0.2) is 40.8 Å². The molecule has 2 aliphatic heterocycles. The molecule has 0 saturated carbocycles. The first-order chi connectivity index (χ1) is 12.4. The third kappa shape index (κ3) is 2.61. The largest absolute Gasteiger partial charge is 0.481 e. The number of carboxylic acids is 1. The van der Waals surface area contributed by atoms with Crippen LogP contribution >= 0.6 is 0 Å². The summed E-state index contributed by atoms with van der Waals surface area (Å²) in [6.45, 7) is 3.87. The molecule has 3 heterocycles. The molecule has 6 nitrogen and oxygen atoms in total. The number of hydrogen-bond acceptors (Lipinski definition) is 4. The predicted molar refractivity (Wildman–Crippen MR) is 95.8 cm³/mol. The van der Waals surface area contributed by atoms with Crippen molar-refractivity contribution in [2.24, 2.45) is 11.3 Å². The normalized spacial score (nSPS) is 25.5. The molecule has 2 saturated heterocycles. The number of carboxylic acid groups (broad SMARTS) is 1. The van der Waals surface area contributed by atoms with E-state index >= 15 is 0 Å². The van der Waals surface area contributed by atoms with Crippen molar-refractivity contribution in [3.63, 3.8) is 0 Å². The summed E-state index contributed by atoms with van der Waals surface area (Å²) < 4.78 is 5.60. The fourth-order valence-electron chi connectivity index (χ4n) is 4.32. The SMILES string of the molecule is Cc1ccc(-c2ccc(C(=O)N3C[C@@H]4CN(C)C[C@]4(C(=O)O)C3)cc2)o1. The second-order valence-corrected chi connectivity index (χ2v) is 7.53. The van der Waals surface area contributed by atoms with Crippen LogP contribution in [-0.2, 0) is 4.79 Å². The van der Waals surface area contributed by atoms with Crippen LogP contribution in [0.25, 0.3) is 11.3 Å². The predicted octanol–water partition coefficient (Wildman–Crippen LogP) is 2.34. The Labute approximate surface area is 152 Å². The number of amides is 1. The molecule has 2 atom stereocenters. The summed E-state index contributed by atoms with van der Waals surface area (Å²) >= 11 is 0. The highest BCUT2D eigenvalue weighted by Crippen LogP contribution is 2.42. The minimum absolute atomic E-state index is 0.0145. The average molecular weight is 354 g/mol. The van der Waals surface area contributed by atoms with E-state index in [9.17, 15) is 14.7 Å². The fourth-order valence-corrected chi connectivity index (χ4v) is 4.32. The molecule has 0 bridgehead atoms. The maximum atomic E-state index is 12.9. The first-order valence-corrected chi connectivity index (χ1v) is 8.77. The van der Waals surface area contributed by atoms with Crippen molar-refractivity contribution in [2.75, 3.05) is 33.2 Å². The molecule has 2 aromatic rings. The van der Waals surface area contributed by atoms with Crippen LogP contribution in [0.3, 0.4) is 0 Å². The lowest BCUT2D eigenvalue weighted by Gasteiger charge is -2.24. The third-order valence-corrected chi connectivity index (χ3v) is 5.65. The summed E-state index contributed by atoms with van der Waals surface area (Å²) in [6.07, 6.45) is 0. The molecule has 1 N–H and O–H groups in total. The van der Waals surface area contributed by atoms with E-state index in [0.717, 1.165) is 17.1 Å². The minimum atomic E-state index is -0.837. The van der Waals surface area contributed by atoms with Crippen LogP contribution in [0.4, 0.5) is 0 Å². The molecule has 4 rings (SSSR count). The highest BCUT2D eigenvalue weighted by molar-refractivity contribution is 5.95. The van der Waals surface area contributed by atoms with Gasteiger partial charge in [0.1, 0.15) is 16.9 Å². The Morgan fingerprint density at radius 2 is 1.85 bits per heavy atom. The second-order valence-electron chi connectivity index (χ2n) is 7.53. The molecular weight excluding hydrogens is 332 g/mol. The van der Waals surface area contributed by atoms with E-state index in [-0.39, 0.29) is 18.4 Å². The first-order valence-electron chi connectivity index (χ1n) is 8.77. The highest BCUT2D eigenvalue weighted by atomic mass is 16.4. The van der Waals surface area contributed by atoms with Gasteiger partial charge in [-0.1, -0.05) is 12.1 Å². The van der Waals surface area contributed by atoms with Gasteiger partial charge in [-0.25, -0.2) is 0 Å². The Bertz CT molecular complexity index is 857. The maximum Gasteiger partial charge on any atom is 0.313 e. The summed E-state index contributed by atoms with van der Waals surface area (Å²) in [4.78, 5) is 28.5. The topological polar surface area (TPSA) is 74.0 Å². The van der Waals surface area contributed by atoms with E-state index in [1.165, 1.54) is 0 Å². The van der Waals surface area contributed by atoms with Crippen molar-refractivity contribution in [3.8, 4) is 11.3 Å². The summed E-state index contributed by atoms with van der Waals surface area (Å²) in [5.41, 5.74) is 0.651. The molecule has 0 unspecified atom stereocenters. The number of aliphatic carboxylic acids is 1. The van der Waals surface area contributed by atoms with Gasteiger partial charge in [-0.05, 0) is 38.2 Å². The standard InChI is InChI=1S/C20H22N2O4/c1-13-3-8-17(26-13)14-4-6-15(7-5-14)18(23)22-10-16-9-21(2)11-20(16,12-22)19(24)25/h3-8,16H,9-12H2,1-2H3,(H,24,25)/t16-,20-/m0/s1. The molecule has 1 amide bonds. The van der Waals surface area contributed by atoms with Crippen molar-refractivity contribution in [3.05, 3.63) is 47.7 Å². The van der Waals surface area contributed by atoms with E-state index in [0.29, 0.717) is 25.2 Å². The number of fused-ring (bicyclic) bond motifs is 1. The van der Waals surface area contributed by atoms with E-state index in [1.807, 2.05) is 43.1 Å². The van der Waals surface area contributed by atoms with E-state index in [1.54, 1.807) is 17.0 Å². The number of likely N-dealkylation sites (tertiary alicyclic amines) is 2. The number of aryl methyl sites for hydroxylation is 1. The zero-order valence-electron chi connectivity index (χ0n) is 14.9. The van der Waals surface area contributed by atoms with Gasteiger partial charge in [0.2, 0.25) is 0 Å². The number of rotatable bonds is 3. The molecular formula is C20H22N2O4. The number of hydrogen-bond donors (Lipinski definition) is 1. The van der Waals surface area contributed by atoms with Crippen molar-refractivity contribution >= 4 is 11.9 Å². The van der Waals surface area contributed by atoms with Crippen molar-refractivity contribution in [1.29, 1.82) is 0 Å². The van der Waals surface area contributed by atoms with Gasteiger partial charge in [0, 0.05) is 43.2 Å². The molecule has 0 spiro atoms. The van der Waals surface area contributed by atoms with Gasteiger partial charge < -0.3 is 19.3 Å². The van der Waals surface area contributed by atoms with Gasteiger partial charge in [-0.3, -0.25) is 9.59 Å². The smallest absolute Gasteiger partial charge is 0.313 e. The Kier molecular flexibility index (Phi) is 3.88. The number of nitrogens with zero attached hydrogens (tertiary/aromatic N) is 2. The van der Waals surface area contributed by atoms with Crippen LogP contribution in [0.1, 0.15) is 16.1 Å². The van der Waals surface area contributed by atoms with Crippen LogP contribution in [0, 0.1) is 18.3 Å². The van der Waals surface area contributed by atoms with E-state index in [2.05, 4.69) is 0 Å². The minimum Gasteiger partial charge on any atom is -0.481 e. The van der Waals surface area contributed by atoms with Gasteiger partial charge >= 0.3 is 5.97 Å². The van der Waals surface area contributed by atoms with E-state index in [4.69, 9.17) is 4.42 Å². The monoisotopic (exact) mass is 354 g/mol. The zero-order valence-corrected chi connectivity index (χ0v) is 14.9. The molecule has 1 aromatic carbocycles. The number of carbonyl (C=O) groups excluding carboxylic acids is 1. The molecule has 0 aliphatic carbocycles. The number of carbonyl (C=O) groups is 2. The lowest BCUT2D eigenvalue weighted by molar-refractivity contribution is -0.148. The summed E-state index contributed by atoms with van der Waals surface area (Å²) in [5, 5.41) is 9.75. The average Bonchev–Trinajstić information content (AvgIpc) is 3.27. The third-order valence-electron chi connectivity index (χ3n) is 5.65. The lowest BCUT2D eigenvalue weighted by atomic mass is 9.81. The van der Waals surface area contributed by atoms with Crippen LogP contribution in [-0.4, -0.2) is 60.0 Å². The van der Waals surface area contributed by atoms with Gasteiger partial charge in [0.15, 0.2) is 0 Å². The molecule has 26 heavy (non-hydrogen) atoms. The maximum absolute atomic E-state index is 12.9. The Hall–Kier alpha value is -2.60. The molecule has 0 radical (unpaired) electrons. The van der Waals surface area contributed by atoms with Gasteiger partial charge in [0.25, 0.3) is 5.91 Å². The van der Waals surface area contributed by atoms with Crippen molar-refractivity contribution in [2.45, 2.75) is 6.92 Å². The molecule has 1 aromatic heterocycles. The zero-order chi connectivity index (χ0) is 18.5. The van der Waals surface area contributed by atoms with Crippen molar-refractivity contribution in [1.82, 2.24) is 9.80 Å². The first kappa shape index (κ1) is 16.8. The van der Waals surface area contributed by atoms with Gasteiger partial charge in [-0.15, -0.1) is 0 Å². The molecule has 2 aliphatic rings. The Morgan fingerprint density at radius 3 is 2.42 bits per heavy atom. The van der Waals surface area contributed by atoms with Crippen LogP contribution in [0.2, 0.25) is 0 Å². The van der Waals surface area contributed by atoms with Crippen molar-refractivity contribution < 1.29 is 19.1 Å². The quantitative estimate of drug-likeness (QED) is 0.916. The van der Waals surface area contributed by atoms with Gasteiger partial charge in [0.05, 0.1) is 0 Å². The molecule has 2 fully saturated rings. The number of furan rings is 1. The lowest BCUT2D eigenvalue weighted by Crippen LogP contribution is -2.41. The van der Waals surface area contributed by atoms with Crippen LogP contribution in [0.5, 0.6) is 0 Å². The van der Waals surface area contributed by atoms with Gasteiger partial charge in [-0.2, -0.15) is 0 Å². The fraction of sp³-hybridized carbons (Fsp3) is 0.400. The summed E-state index contributed by atoms with van der Waals surface area (Å²) in [6, 6.07) is 11.1. The molecule has 136 valence electrons. The Balaban J connectivity index is 1.53. The highest BCUT2D eigenvalue weighted by Gasteiger charge is 2.57. The summed E-state index contributed by atoms with van der Waals surface area (Å²) in [7, 11) is 1.93. The molecule has 6 heteroatoms. The van der Waals surface area contributed by atoms with Crippen LogP contribution < -0.4 is 0 Å². The summed E-state index contributed by atoms with van der Waals surface area (Å²) in [5.74, 6) is 0.688.